The highest BCUT2D eigenvalue weighted by Crippen LogP contribution is 2.30. The van der Waals surface area contributed by atoms with E-state index in [0.717, 1.165) is 27.2 Å². The Hall–Kier alpha value is -1.82. The van der Waals surface area contributed by atoms with Crippen molar-refractivity contribution in [2.45, 2.75) is 26.8 Å². The predicted octanol–water partition coefficient (Wildman–Crippen LogP) is 3.43. The molecule has 0 aliphatic carbocycles. The summed E-state index contributed by atoms with van der Waals surface area (Å²) in [7, 11) is 0. The molecule has 0 saturated heterocycles. The number of rotatable bonds is 2. The van der Waals surface area contributed by atoms with Crippen LogP contribution in [0.1, 0.15) is 25.6 Å². The lowest BCUT2D eigenvalue weighted by Crippen LogP contribution is -2.03. The largest absolute Gasteiger partial charge is 0.383 e. The second-order valence-electron chi connectivity index (χ2n) is 5.09. The van der Waals surface area contributed by atoms with Gasteiger partial charge >= 0.3 is 0 Å². The summed E-state index contributed by atoms with van der Waals surface area (Å²) in [6.07, 6.45) is 3.62. The number of aromatic nitrogens is 4. The summed E-state index contributed by atoms with van der Waals surface area (Å²) in [6.45, 7) is 6.23. The molecule has 0 aromatic carbocycles. The summed E-state index contributed by atoms with van der Waals surface area (Å²) in [5.41, 5.74) is 9.90. The van der Waals surface area contributed by atoms with Gasteiger partial charge in [-0.1, -0.05) is 0 Å². The van der Waals surface area contributed by atoms with Crippen LogP contribution in [0.2, 0.25) is 0 Å². The van der Waals surface area contributed by atoms with Gasteiger partial charge in [-0.15, -0.1) is 0 Å². The summed E-state index contributed by atoms with van der Waals surface area (Å²) in [6, 6.07) is 4.25. The van der Waals surface area contributed by atoms with E-state index in [-0.39, 0.29) is 0 Å². The number of pyridine rings is 1. The van der Waals surface area contributed by atoms with Crippen molar-refractivity contribution in [3.8, 4) is 11.4 Å². The average molecular weight is 334 g/mol. The van der Waals surface area contributed by atoms with Gasteiger partial charge in [0.25, 0.3) is 0 Å². The van der Waals surface area contributed by atoms with Crippen LogP contribution in [0.4, 0.5) is 5.82 Å². The van der Waals surface area contributed by atoms with Crippen molar-refractivity contribution in [3.63, 3.8) is 0 Å². The maximum atomic E-state index is 6.31. The van der Waals surface area contributed by atoms with E-state index in [1.165, 1.54) is 0 Å². The molecule has 0 unspecified atom stereocenters. The van der Waals surface area contributed by atoms with Gasteiger partial charge in [-0.3, -0.25) is 4.40 Å². The standard InChI is InChI=1S/C14H16BrN5/c1-8(2)19-7-17-6-11(19)13-14(16)20-9(3)10(15)4-5-12(20)18-13/h4-8H,16H2,1-3H3. The quantitative estimate of drug-likeness (QED) is 0.781. The van der Waals surface area contributed by atoms with Gasteiger partial charge in [0.05, 0.1) is 18.2 Å². The summed E-state index contributed by atoms with van der Waals surface area (Å²) in [5, 5.41) is 0. The highest BCUT2D eigenvalue weighted by molar-refractivity contribution is 9.10. The molecule has 0 bridgehead atoms. The number of aryl methyl sites for hydroxylation is 1. The lowest BCUT2D eigenvalue weighted by atomic mass is 10.3. The average Bonchev–Trinajstić information content (AvgIpc) is 2.99. The van der Waals surface area contributed by atoms with Gasteiger partial charge in [0, 0.05) is 16.2 Å². The lowest BCUT2D eigenvalue weighted by Gasteiger charge is -2.10. The fraction of sp³-hybridized carbons (Fsp3) is 0.286. The highest BCUT2D eigenvalue weighted by Gasteiger charge is 2.17. The first-order valence-corrected chi connectivity index (χ1v) is 7.25. The Kier molecular flexibility index (Phi) is 3.05. The molecule has 20 heavy (non-hydrogen) atoms. The van der Waals surface area contributed by atoms with Gasteiger partial charge in [-0.25, -0.2) is 9.97 Å². The number of hydrogen-bond donors (Lipinski definition) is 1. The zero-order valence-corrected chi connectivity index (χ0v) is 13.2. The van der Waals surface area contributed by atoms with Crippen molar-refractivity contribution in [1.29, 1.82) is 0 Å². The Morgan fingerprint density at radius 2 is 2.05 bits per heavy atom. The van der Waals surface area contributed by atoms with E-state index in [1.54, 1.807) is 0 Å². The molecule has 0 spiro atoms. The molecule has 0 atom stereocenters. The van der Waals surface area contributed by atoms with Crippen molar-refractivity contribution in [3.05, 3.63) is 34.8 Å². The number of anilines is 1. The Morgan fingerprint density at radius 1 is 1.30 bits per heavy atom. The maximum absolute atomic E-state index is 6.31. The minimum absolute atomic E-state index is 0.310. The molecule has 3 rings (SSSR count). The van der Waals surface area contributed by atoms with E-state index >= 15 is 0 Å². The van der Waals surface area contributed by atoms with Crippen molar-refractivity contribution < 1.29 is 0 Å². The molecule has 3 heterocycles. The molecule has 0 amide bonds. The van der Waals surface area contributed by atoms with Gasteiger partial charge in [0.15, 0.2) is 0 Å². The van der Waals surface area contributed by atoms with Crippen molar-refractivity contribution >= 4 is 27.4 Å². The fourth-order valence-electron chi connectivity index (χ4n) is 2.38. The predicted molar refractivity (Wildman–Crippen MR) is 83.6 cm³/mol. The second-order valence-corrected chi connectivity index (χ2v) is 5.94. The van der Waals surface area contributed by atoms with Gasteiger partial charge in [-0.05, 0) is 48.8 Å². The monoisotopic (exact) mass is 333 g/mol. The van der Waals surface area contributed by atoms with Crippen LogP contribution < -0.4 is 5.73 Å². The minimum atomic E-state index is 0.310. The van der Waals surface area contributed by atoms with Crippen molar-refractivity contribution in [2.24, 2.45) is 0 Å². The van der Waals surface area contributed by atoms with E-state index in [4.69, 9.17) is 5.73 Å². The zero-order chi connectivity index (χ0) is 14.4. The number of nitrogens with two attached hydrogens (primary N) is 1. The van der Waals surface area contributed by atoms with Crippen LogP contribution in [0.3, 0.4) is 0 Å². The van der Waals surface area contributed by atoms with Crippen LogP contribution in [0.5, 0.6) is 0 Å². The minimum Gasteiger partial charge on any atom is -0.383 e. The van der Waals surface area contributed by atoms with Gasteiger partial charge in [0.1, 0.15) is 17.2 Å². The Balaban J connectivity index is 2.30. The van der Waals surface area contributed by atoms with Crippen LogP contribution in [0.25, 0.3) is 17.0 Å². The number of hydrogen-bond acceptors (Lipinski definition) is 3. The SMILES string of the molecule is Cc1c(Br)ccc2nc(-c3cncn3C(C)C)c(N)n12. The Morgan fingerprint density at radius 3 is 2.75 bits per heavy atom. The Labute approximate surface area is 125 Å². The molecule has 0 aliphatic rings. The number of nitrogen functional groups attached to an aromatic ring is 1. The van der Waals surface area contributed by atoms with Gasteiger partial charge in [0.2, 0.25) is 0 Å². The van der Waals surface area contributed by atoms with Crippen molar-refractivity contribution in [1.82, 2.24) is 18.9 Å². The smallest absolute Gasteiger partial charge is 0.139 e. The van der Waals surface area contributed by atoms with Gasteiger partial charge < -0.3 is 10.3 Å². The van der Waals surface area contributed by atoms with E-state index in [0.29, 0.717) is 11.9 Å². The van der Waals surface area contributed by atoms with Crippen LogP contribution >= 0.6 is 15.9 Å². The first-order chi connectivity index (χ1) is 9.50. The molecule has 104 valence electrons. The van der Waals surface area contributed by atoms with Gasteiger partial charge in [-0.2, -0.15) is 0 Å². The third-order valence-corrected chi connectivity index (χ3v) is 4.30. The summed E-state index contributed by atoms with van der Waals surface area (Å²) in [5.74, 6) is 0.640. The molecule has 5 nitrogen and oxygen atoms in total. The molecule has 6 heteroatoms. The number of imidazole rings is 2. The number of fused-ring (bicyclic) bond motifs is 1. The number of halogens is 1. The Bertz CT molecular complexity index is 784. The second kappa shape index (κ2) is 4.63. The highest BCUT2D eigenvalue weighted by atomic mass is 79.9. The summed E-state index contributed by atoms with van der Waals surface area (Å²) in [4.78, 5) is 8.88. The molecule has 0 fully saturated rings. The lowest BCUT2D eigenvalue weighted by molar-refractivity contribution is 0.605. The third kappa shape index (κ3) is 1.83. The van der Waals surface area contributed by atoms with E-state index in [2.05, 4.69) is 44.3 Å². The fourth-order valence-corrected chi connectivity index (χ4v) is 2.69. The van der Waals surface area contributed by atoms with Crippen LogP contribution in [0.15, 0.2) is 29.1 Å². The first-order valence-electron chi connectivity index (χ1n) is 6.46. The molecule has 0 radical (unpaired) electrons. The van der Waals surface area contributed by atoms with E-state index in [9.17, 15) is 0 Å². The van der Waals surface area contributed by atoms with Crippen molar-refractivity contribution in [2.75, 3.05) is 5.73 Å². The molecule has 2 N–H and O–H groups in total. The van der Waals surface area contributed by atoms with Crippen LogP contribution in [-0.4, -0.2) is 18.9 Å². The normalized spacial score (nSPS) is 11.7. The first kappa shape index (κ1) is 13.2. The molecule has 3 aromatic heterocycles. The third-order valence-electron chi connectivity index (χ3n) is 3.46. The zero-order valence-electron chi connectivity index (χ0n) is 11.6. The summed E-state index contributed by atoms with van der Waals surface area (Å²) < 4.78 is 5.04. The maximum Gasteiger partial charge on any atom is 0.139 e. The van der Waals surface area contributed by atoms with Crippen LogP contribution in [0, 0.1) is 6.92 Å². The molecular formula is C14H16BrN5. The van der Waals surface area contributed by atoms with E-state index < -0.39 is 0 Å². The molecule has 3 aromatic rings. The molecule has 0 saturated carbocycles. The van der Waals surface area contributed by atoms with Crippen LogP contribution in [-0.2, 0) is 0 Å². The topological polar surface area (TPSA) is 61.1 Å². The van der Waals surface area contributed by atoms with E-state index in [1.807, 2.05) is 36.0 Å². The molecular weight excluding hydrogens is 318 g/mol. The molecule has 0 aliphatic heterocycles. The summed E-state index contributed by atoms with van der Waals surface area (Å²) >= 11 is 3.52. The number of nitrogens with zero attached hydrogens (tertiary/aromatic N) is 4.